The summed E-state index contributed by atoms with van der Waals surface area (Å²) in [5.41, 5.74) is 0.930. The lowest BCUT2D eigenvalue weighted by atomic mass is 10.0. The molecular weight excluding hydrogens is 256 g/mol. The third kappa shape index (κ3) is 2.77. The van der Waals surface area contributed by atoms with Gasteiger partial charge in [0.25, 0.3) is 0 Å². The fourth-order valence-electron chi connectivity index (χ4n) is 2.98. The van der Waals surface area contributed by atoms with Gasteiger partial charge in [0.2, 0.25) is 0 Å². The van der Waals surface area contributed by atoms with Gasteiger partial charge in [0.15, 0.2) is 10.8 Å². The molecule has 1 saturated carbocycles. The van der Waals surface area contributed by atoms with Crippen LogP contribution in [-0.4, -0.2) is 33.4 Å². The van der Waals surface area contributed by atoms with Crippen LogP contribution in [0.4, 0.5) is 0 Å². The number of nitrogens with one attached hydrogen (secondary N) is 1. The number of rotatable bonds is 5. The quantitative estimate of drug-likeness (QED) is 0.852. The maximum Gasteiger partial charge on any atom is 0.195 e. The predicted octanol–water partition coefficient (Wildman–Crippen LogP) is 2.60. The van der Waals surface area contributed by atoms with Gasteiger partial charge in [-0.2, -0.15) is 0 Å². The normalized spacial score (nSPS) is 23.2. The average Bonchev–Trinajstić information content (AvgIpc) is 3.06. The Kier molecular flexibility index (Phi) is 4.03. The maximum absolute atomic E-state index is 4.26. The Bertz CT molecular complexity index is 539. The zero-order valence-electron chi connectivity index (χ0n) is 11.2. The number of thioether (sulfide) groups is 1. The number of nitrogens with zero attached hydrogens (tertiary/aromatic N) is 3. The van der Waals surface area contributed by atoms with Gasteiger partial charge in [-0.25, -0.2) is 0 Å². The van der Waals surface area contributed by atoms with E-state index in [-0.39, 0.29) is 0 Å². The van der Waals surface area contributed by atoms with Crippen LogP contribution >= 0.6 is 11.8 Å². The van der Waals surface area contributed by atoms with E-state index in [1.807, 2.05) is 36.2 Å². The van der Waals surface area contributed by atoms with Crippen molar-refractivity contribution in [1.82, 2.24) is 19.9 Å². The Morgan fingerprint density at radius 1 is 1.37 bits per heavy atom. The lowest BCUT2D eigenvalue weighted by Gasteiger charge is -2.18. The molecular formula is C14H20N4S. The van der Waals surface area contributed by atoms with E-state index in [9.17, 15) is 0 Å². The fraction of sp³-hybridized carbons (Fsp3) is 0.571. The maximum atomic E-state index is 4.26. The third-order valence-electron chi connectivity index (χ3n) is 4.03. The lowest BCUT2D eigenvalue weighted by molar-refractivity contribution is 0.417. The first-order chi connectivity index (χ1) is 9.38. The zero-order valence-corrected chi connectivity index (χ0v) is 12.1. The summed E-state index contributed by atoms with van der Waals surface area (Å²) in [5.74, 6) is 1.95. The minimum atomic E-state index is 0.718. The fourth-order valence-corrected chi connectivity index (χ4v) is 3.98. The second-order valence-corrected chi connectivity index (χ2v) is 6.20. The molecule has 1 fully saturated rings. The highest BCUT2D eigenvalue weighted by Crippen LogP contribution is 2.30. The van der Waals surface area contributed by atoms with Gasteiger partial charge < -0.3 is 5.32 Å². The second-order valence-electron chi connectivity index (χ2n) is 5.13. The molecule has 1 aliphatic carbocycles. The van der Waals surface area contributed by atoms with Gasteiger partial charge >= 0.3 is 0 Å². The van der Waals surface area contributed by atoms with E-state index in [4.69, 9.17) is 0 Å². The number of pyridine rings is 1. The molecule has 19 heavy (non-hydrogen) atoms. The molecule has 102 valence electrons. The molecule has 0 spiro atoms. The van der Waals surface area contributed by atoms with Crippen LogP contribution in [0.5, 0.6) is 0 Å². The van der Waals surface area contributed by atoms with Gasteiger partial charge in [-0.15, -0.1) is 10.2 Å². The second kappa shape index (κ2) is 5.92. The van der Waals surface area contributed by atoms with Crippen molar-refractivity contribution in [3.05, 3.63) is 24.4 Å². The summed E-state index contributed by atoms with van der Waals surface area (Å²) in [6.45, 7) is 0. The van der Waals surface area contributed by atoms with Gasteiger partial charge in [0.05, 0.1) is 0 Å². The van der Waals surface area contributed by atoms with Crippen LogP contribution in [0.2, 0.25) is 0 Å². The average molecular weight is 276 g/mol. The topological polar surface area (TPSA) is 42.2 Å². The molecule has 0 saturated heterocycles. The Balaban J connectivity index is 1.57. The zero-order chi connectivity index (χ0) is 13.1. The molecule has 3 rings (SSSR count). The predicted molar refractivity (Wildman–Crippen MR) is 78.5 cm³/mol. The summed E-state index contributed by atoms with van der Waals surface area (Å²) >= 11 is 1.82. The van der Waals surface area contributed by atoms with E-state index < -0.39 is 0 Å². The van der Waals surface area contributed by atoms with Gasteiger partial charge in [-0.05, 0) is 44.4 Å². The summed E-state index contributed by atoms with van der Waals surface area (Å²) in [7, 11) is 2.09. The Morgan fingerprint density at radius 3 is 3.21 bits per heavy atom. The summed E-state index contributed by atoms with van der Waals surface area (Å²) in [6, 6.07) is 6.73. The minimum Gasteiger partial charge on any atom is -0.317 e. The number of hydrogen-bond acceptors (Lipinski definition) is 4. The smallest absolute Gasteiger partial charge is 0.195 e. The van der Waals surface area contributed by atoms with E-state index in [1.54, 1.807) is 0 Å². The molecule has 1 N–H and O–H groups in total. The van der Waals surface area contributed by atoms with Crippen molar-refractivity contribution in [1.29, 1.82) is 0 Å². The van der Waals surface area contributed by atoms with Crippen molar-refractivity contribution >= 4 is 17.4 Å². The van der Waals surface area contributed by atoms with Crippen molar-refractivity contribution in [3.8, 4) is 0 Å². The van der Waals surface area contributed by atoms with Crippen molar-refractivity contribution in [3.63, 3.8) is 0 Å². The van der Waals surface area contributed by atoms with E-state index in [2.05, 4.69) is 27.0 Å². The molecule has 0 radical (unpaired) electrons. The standard InChI is InChI=1S/C14H20N4S/c1-15-12-6-4-5-11(12)8-10-19-14-17-16-13-7-2-3-9-18(13)14/h2-3,7,9,11-12,15H,4-6,8,10H2,1H3. The van der Waals surface area contributed by atoms with E-state index in [0.29, 0.717) is 0 Å². The largest absolute Gasteiger partial charge is 0.317 e. The van der Waals surface area contributed by atoms with Crippen molar-refractivity contribution in [2.24, 2.45) is 5.92 Å². The van der Waals surface area contributed by atoms with Crippen LogP contribution in [0.3, 0.4) is 0 Å². The highest BCUT2D eigenvalue weighted by atomic mass is 32.2. The summed E-state index contributed by atoms with van der Waals surface area (Å²) in [5, 5.41) is 12.9. The molecule has 5 heteroatoms. The highest BCUT2D eigenvalue weighted by molar-refractivity contribution is 7.99. The molecule has 2 aromatic heterocycles. The Hall–Kier alpha value is -1.07. The summed E-state index contributed by atoms with van der Waals surface area (Å²) in [6.07, 6.45) is 7.36. The number of hydrogen-bond donors (Lipinski definition) is 1. The first kappa shape index (κ1) is 12.9. The van der Waals surface area contributed by atoms with Gasteiger partial charge in [-0.3, -0.25) is 4.40 Å². The molecule has 0 aliphatic heterocycles. The SMILES string of the molecule is CNC1CCCC1CCSc1nnc2ccccn12. The van der Waals surface area contributed by atoms with Crippen molar-refractivity contribution in [2.75, 3.05) is 12.8 Å². The van der Waals surface area contributed by atoms with Crippen LogP contribution in [0.25, 0.3) is 5.65 Å². The molecule has 4 nitrogen and oxygen atoms in total. The molecule has 0 amide bonds. The van der Waals surface area contributed by atoms with Gasteiger partial charge in [0, 0.05) is 18.0 Å². The monoisotopic (exact) mass is 276 g/mol. The Labute approximate surface area is 118 Å². The van der Waals surface area contributed by atoms with Crippen LogP contribution < -0.4 is 5.32 Å². The highest BCUT2D eigenvalue weighted by Gasteiger charge is 2.25. The van der Waals surface area contributed by atoms with Gasteiger partial charge in [0.1, 0.15) is 0 Å². The van der Waals surface area contributed by atoms with Crippen LogP contribution in [-0.2, 0) is 0 Å². The van der Waals surface area contributed by atoms with Crippen LogP contribution in [0.15, 0.2) is 29.6 Å². The Morgan fingerprint density at radius 2 is 2.32 bits per heavy atom. The molecule has 2 aromatic rings. The van der Waals surface area contributed by atoms with Crippen LogP contribution in [0.1, 0.15) is 25.7 Å². The minimum absolute atomic E-state index is 0.718. The molecule has 2 unspecified atom stereocenters. The van der Waals surface area contributed by atoms with Crippen molar-refractivity contribution < 1.29 is 0 Å². The third-order valence-corrected chi connectivity index (χ3v) is 5.01. The molecule has 2 atom stereocenters. The first-order valence-electron chi connectivity index (χ1n) is 6.98. The summed E-state index contributed by atoms with van der Waals surface area (Å²) in [4.78, 5) is 0. The molecule has 0 bridgehead atoms. The molecule has 0 aromatic carbocycles. The first-order valence-corrected chi connectivity index (χ1v) is 7.97. The van der Waals surface area contributed by atoms with E-state index >= 15 is 0 Å². The number of fused-ring (bicyclic) bond motifs is 1. The summed E-state index contributed by atoms with van der Waals surface area (Å²) < 4.78 is 2.06. The van der Waals surface area contributed by atoms with E-state index in [1.165, 1.54) is 25.7 Å². The number of aromatic nitrogens is 3. The van der Waals surface area contributed by atoms with Crippen LogP contribution in [0, 0.1) is 5.92 Å². The van der Waals surface area contributed by atoms with E-state index in [0.717, 1.165) is 28.5 Å². The molecule has 2 heterocycles. The molecule has 1 aliphatic rings. The lowest BCUT2D eigenvalue weighted by Crippen LogP contribution is -2.29. The van der Waals surface area contributed by atoms with Gasteiger partial charge in [-0.1, -0.05) is 24.2 Å². The van der Waals surface area contributed by atoms with Crippen molar-refractivity contribution in [2.45, 2.75) is 36.9 Å².